The van der Waals surface area contributed by atoms with Gasteiger partial charge in [0.2, 0.25) is 0 Å². The lowest BCUT2D eigenvalue weighted by molar-refractivity contribution is -0.216. The van der Waals surface area contributed by atoms with Gasteiger partial charge in [0.1, 0.15) is 29.7 Å². The minimum atomic E-state index is -1.90. The van der Waals surface area contributed by atoms with Gasteiger partial charge >= 0.3 is 17.9 Å². The molecule has 0 heterocycles. The van der Waals surface area contributed by atoms with Gasteiger partial charge in [0, 0.05) is 48.5 Å². The Morgan fingerprint density at radius 2 is 1.64 bits per heavy atom. The maximum Gasteiger partial charge on any atom is 0.331 e. The van der Waals surface area contributed by atoms with Crippen LogP contribution >= 0.6 is 0 Å². The predicted octanol–water partition coefficient (Wildman–Crippen LogP) is 3.56. The molecule has 2 spiro atoms. The quantitative estimate of drug-likeness (QED) is 0.232. The van der Waals surface area contributed by atoms with Crippen LogP contribution in [0.3, 0.4) is 0 Å². The van der Waals surface area contributed by atoms with Crippen LogP contribution in [-0.2, 0) is 33.4 Å². The van der Waals surface area contributed by atoms with Crippen molar-refractivity contribution in [1.82, 2.24) is 0 Å². The zero-order chi connectivity index (χ0) is 31.0. The van der Waals surface area contributed by atoms with E-state index in [2.05, 4.69) is 6.58 Å². The van der Waals surface area contributed by atoms with Crippen LogP contribution in [0.1, 0.15) is 66.4 Å². The molecule has 4 fully saturated rings. The van der Waals surface area contributed by atoms with Gasteiger partial charge in [0.05, 0.1) is 11.5 Å². The zero-order valence-electron chi connectivity index (χ0n) is 25.0. The molecule has 0 saturated heterocycles. The molecule has 2 N–H and O–H groups in total. The maximum absolute atomic E-state index is 13.8. The number of Topliss-reactive ketones (excluding diaryl/α,β-unsaturated/α-hetero) is 1. The molecule has 42 heavy (non-hydrogen) atoms. The zero-order valence-corrected chi connectivity index (χ0v) is 25.0. The van der Waals surface area contributed by atoms with E-state index in [4.69, 9.17) is 14.2 Å². The number of esters is 3. The molecule has 0 aliphatic heterocycles. The minimum Gasteiger partial charge on any atom is -0.459 e. The molecule has 1 aromatic rings. The summed E-state index contributed by atoms with van der Waals surface area (Å²) in [6.45, 7) is 13.9. The number of carbonyl (C=O) groups excluding carboxylic acids is 4. The fraction of sp³-hybridized carbons (Fsp3) is 0.576. The van der Waals surface area contributed by atoms with Gasteiger partial charge in [-0.15, -0.1) is 0 Å². The lowest BCUT2D eigenvalue weighted by atomic mass is 9.42. The van der Waals surface area contributed by atoms with E-state index in [-0.39, 0.29) is 25.0 Å². The molecular weight excluding hydrogens is 540 g/mol. The molecule has 2 bridgehead atoms. The summed E-state index contributed by atoms with van der Waals surface area (Å²) in [5, 5.41) is 24.6. The van der Waals surface area contributed by atoms with Gasteiger partial charge < -0.3 is 24.4 Å². The summed E-state index contributed by atoms with van der Waals surface area (Å²) in [6, 6.07) is 9.25. The average molecular weight is 581 g/mol. The molecule has 5 rings (SSSR count). The van der Waals surface area contributed by atoms with Gasteiger partial charge in [-0.05, 0) is 30.1 Å². The Morgan fingerprint density at radius 3 is 2.24 bits per heavy atom. The molecule has 9 nitrogen and oxygen atoms in total. The first-order chi connectivity index (χ1) is 19.5. The number of aliphatic hydroxyl groups is 2. The Hall–Kier alpha value is -3.30. The first-order valence-electron chi connectivity index (χ1n) is 14.4. The van der Waals surface area contributed by atoms with Gasteiger partial charge in [-0.25, -0.2) is 4.79 Å². The number of ketones is 1. The van der Waals surface area contributed by atoms with Crippen molar-refractivity contribution in [2.24, 2.45) is 27.6 Å². The van der Waals surface area contributed by atoms with E-state index in [9.17, 15) is 29.4 Å². The van der Waals surface area contributed by atoms with Crippen molar-refractivity contribution in [2.45, 2.75) is 90.8 Å². The number of hydrogen-bond acceptors (Lipinski definition) is 9. The van der Waals surface area contributed by atoms with Crippen LogP contribution in [0.2, 0.25) is 0 Å². The van der Waals surface area contributed by atoms with Gasteiger partial charge in [-0.3, -0.25) is 14.4 Å². The van der Waals surface area contributed by atoms with Crippen molar-refractivity contribution in [3.63, 3.8) is 0 Å². The summed E-state index contributed by atoms with van der Waals surface area (Å²) in [5.41, 5.74) is -6.18. The van der Waals surface area contributed by atoms with Gasteiger partial charge in [-0.2, -0.15) is 0 Å². The molecule has 4 saturated carbocycles. The molecule has 226 valence electrons. The number of ether oxygens (including phenoxy) is 3. The smallest absolute Gasteiger partial charge is 0.331 e. The lowest BCUT2D eigenvalue weighted by Crippen LogP contribution is -2.65. The second-order valence-electron chi connectivity index (χ2n) is 13.2. The van der Waals surface area contributed by atoms with Gasteiger partial charge in [0.25, 0.3) is 0 Å². The molecule has 4 aliphatic carbocycles. The summed E-state index contributed by atoms with van der Waals surface area (Å²) in [7, 11) is 0. The Balaban J connectivity index is 1.72. The normalized spacial score (nSPS) is 41.7. The van der Waals surface area contributed by atoms with Crippen molar-refractivity contribution < 1.29 is 43.6 Å². The van der Waals surface area contributed by atoms with Crippen molar-refractivity contribution in [3.05, 3.63) is 54.1 Å². The number of aliphatic hydroxyl groups excluding tert-OH is 1. The highest BCUT2D eigenvalue weighted by Crippen LogP contribution is 2.87. The first-order valence-corrected chi connectivity index (χ1v) is 14.4. The van der Waals surface area contributed by atoms with Gasteiger partial charge in [0.15, 0.2) is 0 Å². The SMILES string of the molecule is C=C1C(OC(=O)C=Cc2ccccc2)CCC2(C)C(O)C(OC(C)=O)C34C(C)C(=O)CC(O)(C(OC(C)=O)C123)C4(C)C. The van der Waals surface area contributed by atoms with Crippen LogP contribution in [-0.4, -0.2) is 63.9 Å². The molecule has 0 aromatic heterocycles. The topological polar surface area (TPSA) is 136 Å². The third-order valence-electron chi connectivity index (χ3n) is 11.4. The highest BCUT2D eigenvalue weighted by Gasteiger charge is 2.95. The Bertz CT molecular complexity index is 1380. The van der Waals surface area contributed by atoms with Crippen LogP contribution in [0.25, 0.3) is 6.08 Å². The standard InChI is InChI=1S/C33H40O9/c1-18-23(36)17-31(39)28(41-21(4)35)33-19(2)24(42-25(37)14-13-22-11-9-8-10-12-22)15-16-30(33,7)26(38)27(40-20(3)34)32(18,33)29(31,5)6/h8-14,18,24,26-28,38-39H,2,15-17H2,1,3-7H3. The average Bonchev–Trinajstić information content (AvgIpc) is 3.13. The Labute approximate surface area is 245 Å². The second-order valence-corrected chi connectivity index (χ2v) is 13.2. The molecule has 4 aliphatic rings. The molecule has 1 aromatic carbocycles. The van der Waals surface area contributed by atoms with E-state index in [1.54, 1.807) is 33.8 Å². The number of benzene rings is 1. The first kappa shape index (κ1) is 30.2. The van der Waals surface area contributed by atoms with E-state index in [0.717, 1.165) is 5.56 Å². The lowest BCUT2D eigenvalue weighted by Gasteiger charge is -2.60. The van der Waals surface area contributed by atoms with Gasteiger partial charge in [-0.1, -0.05) is 64.6 Å². The molecule has 0 radical (unpaired) electrons. The monoisotopic (exact) mass is 580 g/mol. The van der Waals surface area contributed by atoms with Crippen LogP contribution < -0.4 is 0 Å². The molecular formula is C33H40O9. The largest absolute Gasteiger partial charge is 0.459 e. The fourth-order valence-electron chi connectivity index (χ4n) is 9.77. The maximum atomic E-state index is 13.8. The summed E-state index contributed by atoms with van der Waals surface area (Å²) < 4.78 is 17.9. The van der Waals surface area contributed by atoms with Crippen molar-refractivity contribution in [3.8, 4) is 0 Å². The predicted molar refractivity (Wildman–Crippen MR) is 151 cm³/mol. The van der Waals surface area contributed by atoms with Crippen LogP contribution in [0.15, 0.2) is 48.6 Å². The highest BCUT2D eigenvalue weighted by molar-refractivity contribution is 5.88. The third-order valence-corrected chi connectivity index (χ3v) is 11.4. The van der Waals surface area contributed by atoms with E-state index in [1.165, 1.54) is 19.9 Å². The Morgan fingerprint density at radius 1 is 1.02 bits per heavy atom. The third kappa shape index (κ3) is 3.43. The van der Waals surface area contributed by atoms with Crippen LogP contribution in [0, 0.1) is 27.6 Å². The van der Waals surface area contributed by atoms with E-state index < -0.39 is 75.5 Å². The van der Waals surface area contributed by atoms with E-state index in [1.807, 2.05) is 30.3 Å². The Kier molecular flexibility index (Phi) is 6.90. The van der Waals surface area contributed by atoms with Crippen molar-refractivity contribution >= 4 is 29.8 Å². The summed E-state index contributed by atoms with van der Waals surface area (Å²) in [5.74, 6) is -3.13. The number of rotatable bonds is 5. The molecule has 9 unspecified atom stereocenters. The van der Waals surface area contributed by atoms with Crippen molar-refractivity contribution in [2.75, 3.05) is 0 Å². The number of hydrogen-bond donors (Lipinski definition) is 2. The summed E-state index contributed by atoms with van der Waals surface area (Å²) in [4.78, 5) is 52.1. The minimum absolute atomic E-state index is 0.248. The fourth-order valence-corrected chi connectivity index (χ4v) is 9.77. The van der Waals surface area contributed by atoms with E-state index >= 15 is 0 Å². The van der Waals surface area contributed by atoms with Crippen molar-refractivity contribution in [1.29, 1.82) is 0 Å². The summed E-state index contributed by atoms with van der Waals surface area (Å²) >= 11 is 0. The highest BCUT2D eigenvalue weighted by atomic mass is 16.6. The second kappa shape index (κ2) is 9.61. The van der Waals surface area contributed by atoms with Crippen LogP contribution in [0.5, 0.6) is 0 Å². The van der Waals surface area contributed by atoms with Crippen LogP contribution in [0.4, 0.5) is 0 Å². The molecule has 9 atom stereocenters. The number of carbonyl (C=O) groups is 4. The molecule has 0 amide bonds. The molecule has 9 heteroatoms. The summed E-state index contributed by atoms with van der Waals surface area (Å²) in [6.07, 6.45) is -1.63. The number of fused-ring (bicyclic) bond motifs is 1. The van der Waals surface area contributed by atoms with E-state index in [0.29, 0.717) is 5.57 Å².